The molecule has 0 fully saturated rings. The average molecular weight is 785 g/mol. The lowest BCUT2D eigenvalue weighted by Gasteiger charge is -2.35. The molecule has 0 aromatic heterocycles. The van der Waals surface area contributed by atoms with Crippen LogP contribution in [0.3, 0.4) is 0 Å². The average Bonchev–Trinajstić information content (AvgIpc) is 3.73. The number of rotatable bonds is 6. The van der Waals surface area contributed by atoms with E-state index in [1.165, 1.54) is 72.3 Å². The topological polar surface area (TPSA) is 24.7 Å². The Labute approximate surface area is 360 Å². The molecule has 0 N–H and O–H groups in total. The molecule has 3 aliphatic rings. The van der Waals surface area contributed by atoms with Crippen LogP contribution in [0.2, 0.25) is 0 Å². The minimum Gasteiger partial charge on any atom is -0.258 e. The molecule has 2 aliphatic carbocycles. The van der Waals surface area contributed by atoms with Crippen LogP contribution in [0.15, 0.2) is 210 Å². The van der Waals surface area contributed by atoms with Gasteiger partial charge in [0.2, 0.25) is 0 Å². The van der Waals surface area contributed by atoms with Gasteiger partial charge in [0.15, 0.2) is 5.84 Å². The molecule has 0 bridgehead atoms. The Kier molecular flexibility index (Phi) is 8.93. The van der Waals surface area contributed by atoms with E-state index < -0.39 is 5.41 Å². The van der Waals surface area contributed by atoms with E-state index in [2.05, 4.69) is 221 Å². The maximum Gasteiger partial charge on any atom is 0.155 e. The molecule has 2 atom stereocenters. The summed E-state index contributed by atoms with van der Waals surface area (Å²) in [6.45, 7) is 7.13. The van der Waals surface area contributed by atoms with Crippen molar-refractivity contribution in [1.82, 2.24) is 0 Å². The zero-order valence-electron chi connectivity index (χ0n) is 35.0. The summed E-state index contributed by atoms with van der Waals surface area (Å²) < 4.78 is 0. The Morgan fingerprint density at radius 2 is 0.967 bits per heavy atom. The highest BCUT2D eigenvalue weighted by Crippen LogP contribution is 2.58. The summed E-state index contributed by atoms with van der Waals surface area (Å²) >= 11 is 0. The molecule has 0 radical (unpaired) electrons. The number of aliphatic imine (C=N–C) groups is 2. The molecule has 8 aromatic rings. The first-order valence-corrected chi connectivity index (χ1v) is 21.8. The number of nitrogens with zero attached hydrogens (tertiary/aromatic N) is 2. The fourth-order valence-electron chi connectivity index (χ4n) is 10.8. The molecule has 1 aliphatic heterocycles. The Balaban J connectivity index is 1.23. The molecule has 8 aromatic carbocycles. The maximum atomic E-state index is 5.85. The third-order valence-electron chi connectivity index (χ3n) is 13.9. The van der Waals surface area contributed by atoms with Crippen LogP contribution in [-0.2, 0) is 10.8 Å². The summed E-state index contributed by atoms with van der Waals surface area (Å²) in [7, 11) is 0. The Bertz CT molecular complexity index is 2960. The minimum absolute atomic E-state index is 0.0769. The van der Waals surface area contributed by atoms with Crippen LogP contribution < -0.4 is 0 Å². The Morgan fingerprint density at radius 1 is 0.443 bits per heavy atom. The highest BCUT2D eigenvalue weighted by molar-refractivity contribution is 6.12. The molecule has 61 heavy (non-hydrogen) atoms. The summed E-state index contributed by atoms with van der Waals surface area (Å²) in [5.74, 6) is 0.998. The first-order valence-electron chi connectivity index (χ1n) is 21.8. The molecular weight excluding hydrogens is 737 g/mol. The van der Waals surface area contributed by atoms with Crippen LogP contribution in [0.5, 0.6) is 0 Å². The van der Waals surface area contributed by atoms with E-state index in [1.54, 1.807) is 0 Å². The molecule has 0 amide bonds. The molecule has 11 rings (SSSR count). The van der Waals surface area contributed by atoms with Crippen molar-refractivity contribution in [2.75, 3.05) is 0 Å². The van der Waals surface area contributed by atoms with Gasteiger partial charge in [0.25, 0.3) is 0 Å². The number of benzene rings is 8. The summed E-state index contributed by atoms with van der Waals surface area (Å²) in [6, 6.07) is 73.8. The van der Waals surface area contributed by atoms with Crippen LogP contribution in [0.1, 0.15) is 89.7 Å². The normalized spacial score (nSPS) is 18.1. The third kappa shape index (κ3) is 5.92. The monoisotopic (exact) mass is 784 g/mol. The van der Waals surface area contributed by atoms with Gasteiger partial charge in [-0.2, -0.15) is 0 Å². The van der Waals surface area contributed by atoms with Crippen LogP contribution >= 0.6 is 0 Å². The predicted molar refractivity (Wildman–Crippen MR) is 254 cm³/mol. The van der Waals surface area contributed by atoms with Crippen molar-refractivity contribution in [2.45, 2.75) is 50.5 Å². The molecule has 0 saturated heterocycles. The number of hydrogen-bond donors (Lipinski definition) is 0. The standard InChI is InChI=1S/C59H48N2/c1-39-32-35-55(40-20-8-4-9-21-40)60-57(41-22-10-5-11-23-41)61-56(39)50-38-54-49(37-47(50)42-33-34-52-48(36-42)45-28-16-18-30-51(45)58(52,2)3)46-29-17-19-31-53(46)59(54,43-24-12-6-13-25-43)44-26-14-7-15-27-44/h4-31,33-34,36-39,56H,32,35H2,1-3H3. The van der Waals surface area contributed by atoms with Gasteiger partial charge >= 0.3 is 0 Å². The lowest BCUT2D eigenvalue weighted by atomic mass is 9.67. The summed E-state index contributed by atoms with van der Waals surface area (Å²) in [6.07, 6.45) is 1.82. The second-order valence-corrected chi connectivity index (χ2v) is 17.6. The lowest BCUT2D eigenvalue weighted by molar-refractivity contribution is 0.446. The number of fused-ring (bicyclic) bond motifs is 6. The molecule has 1 heterocycles. The molecule has 2 unspecified atom stereocenters. The van der Waals surface area contributed by atoms with Gasteiger partial charge in [-0.1, -0.05) is 209 Å². The van der Waals surface area contributed by atoms with E-state index in [0.717, 1.165) is 35.5 Å². The van der Waals surface area contributed by atoms with Gasteiger partial charge in [-0.05, 0) is 109 Å². The zero-order chi connectivity index (χ0) is 41.1. The van der Waals surface area contributed by atoms with Crippen molar-refractivity contribution in [3.8, 4) is 33.4 Å². The zero-order valence-corrected chi connectivity index (χ0v) is 35.0. The van der Waals surface area contributed by atoms with Crippen LogP contribution in [0, 0.1) is 5.92 Å². The van der Waals surface area contributed by atoms with Crippen LogP contribution in [0.25, 0.3) is 33.4 Å². The van der Waals surface area contributed by atoms with Gasteiger partial charge in [0.1, 0.15) is 0 Å². The summed E-state index contributed by atoms with van der Waals surface area (Å²) in [5, 5.41) is 0. The molecule has 0 spiro atoms. The van der Waals surface area contributed by atoms with Gasteiger partial charge < -0.3 is 0 Å². The largest absolute Gasteiger partial charge is 0.258 e. The first kappa shape index (κ1) is 37.1. The molecular formula is C59H48N2. The minimum atomic E-state index is -0.530. The van der Waals surface area contributed by atoms with Crippen LogP contribution in [-0.4, -0.2) is 11.5 Å². The molecule has 2 heteroatoms. The highest BCUT2D eigenvalue weighted by Gasteiger charge is 2.47. The fraction of sp³-hybridized carbons (Fsp3) is 0.153. The second kappa shape index (κ2) is 14.7. The van der Waals surface area contributed by atoms with E-state index in [4.69, 9.17) is 9.98 Å². The van der Waals surface area contributed by atoms with Crippen LogP contribution in [0.4, 0.5) is 0 Å². The van der Waals surface area contributed by atoms with E-state index in [0.29, 0.717) is 0 Å². The number of hydrogen-bond acceptors (Lipinski definition) is 2. The Morgan fingerprint density at radius 3 is 1.62 bits per heavy atom. The quantitative estimate of drug-likeness (QED) is 0.160. The van der Waals surface area contributed by atoms with Gasteiger partial charge in [-0.15, -0.1) is 0 Å². The van der Waals surface area contributed by atoms with Gasteiger partial charge in [0, 0.05) is 11.0 Å². The third-order valence-corrected chi connectivity index (χ3v) is 13.9. The first-order chi connectivity index (χ1) is 29.9. The van der Waals surface area contributed by atoms with E-state index in [-0.39, 0.29) is 17.4 Å². The lowest BCUT2D eigenvalue weighted by Crippen LogP contribution is -2.29. The van der Waals surface area contributed by atoms with Crippen molar-refractivity contribution in [3.05, 3.63) is 250 Å². The highest BCUT2D eigenvalue weighted by atomic mass is 15.0. The SMILES string of the molecule is CC1CCC(c2ccccc2)=NC(c2ccccc2)=NC1c1cc2c(cc1-c1ccc3c(c1)-c1ccccc1C3(C)C)-c1ccccc1C2(c1ccccc1)c1ccccc1. The van der Waals surface area contributed by atoms with Gasteiger partial charge in [-0.3, -0.25) is 4.99 Å². The van der Waals surface area contributed by atoms with E-state index in [1.807, 2.05) is 0 Å². The Hall–Kier alpha value is -6.90. The van der Waals surface area contributed by atoms with Crippen molar-refractivity contribution < 1.29 is 0 Å². The van der Waals surface area contributed by atoms with Gasteiger partial charge in [0.05, 0.1) is 17.2 Å². The predicted octanol–water partition coefficient (Wildman–Crippen LogP) is 14.4. The maximum absolute atomic E-state index is 5.85. The van der Waals surface area contributed by atoms with Crippen molar-refractivity contribution in [1.29, 1.82) is 0 Å². The van der Waals surface area contributed by atoms with E-state index >= 15 is 0 Å². The van der Waals surface area contributed by atoms with Crippen molar-refractivity contribution in [2.24, 2.45) is 15.9 Å². The number of amidine groups is 1. The molecule has 294 valence electrons. The van der Waals surface area contributed by atoms with Crippen molar-refractivity contribution >= 4 is 11.5 Å². The van der Waals surface area contributed by atoms with Crippen molar-refractivity contribution in [3.63, 3.8) is 0 Å². The van der Waals surface area contributed by atoms with E-state index in [9.17, 15) is 0 Å². The summed E-state index contributed by atoms with van der Waals surface area (Å²) in [5.41, 5.74) is 19.5. The molecule has 2 nitrogen and oxygen atoms in total. The van der Waals surface area contributed by atoms with Gasteiger partial charge in [-0.25, -0.2) is 4.99 Å². The molecule has 0 saturated carbocycles. The second-order valence-electron chi connectivity index (χ2n) is 17.6. The summed E-state index contributed by atoms with van der Waals surface area (Å²) in [4.78, 5) is 11.3. The fourth-order valence-corrected chi connectivity index (χ4v) is 10.8. The smallest absolute Gasteiger partial charge is 0.155 e.